The van der Waals surface area contributed by atoms with E-state index in [0.717, 1.165) is 13.1 Å². The number of likely N-dealkylation sites (N-methyl/N-ethyl adjacent to an activating group) is 1. The summed E-state index contributed by atoms with van der Waals surface area (Å²) in [5.74, 6) is 0. The molecule has 0 saturated carbocycles. The predicted octanol–water partition coefficient (Wildman–Crippen LogP) is 2.23. The van der Waals surface area contributed by atoms with Crippen molar-refractivity contribution in [3.05, 3.63) is 35.5 Å². The number of nitrogens with one attached hydrogen (secondary N) is 2. The van der Waals surface area contributed by atoms with Gasteiger partial charge in [-0.25, -0.2) is 0 Å². The molecule has 0 atom stereocenters. The quantitative estimate of drug-likeness (QED) is 0.756. The van der Waals surface area contributed by atoms with Crippen molar-refractivity contribution in [2.45, 2.75) is 24.8 Å². The first kappa shape index (κ1) is 11.5. The van der Waals surface area contributed by atoms with Gasteiger partial charge in [0.05, 0.1) is 5.54 Å². The summed E-state index contributed by atoms with van der Waals surface area (Å²) in [5.41, 5.74) is 4.60. The van der Waals surface area contributed by atoms with Crippen molar-refractivity contribution in [1.29, 1.82) is 0 Å². The maximum atomic E-state index is 3.74. The van der Waals surface area contributed by atoms with Gasteiger partial charge in [0.25, 0.3) is 0 Å². The Hall–Kier alpha value is -1.32. The molecule has 1 spiro atoms. The second-order valence-corrected chi connectivity index (χ2v) is 5.98. The third kappa shape index (κ3) is 1.52. The fraction of sp³-hybridized carbons (Fsp3) is 0.500. The summed E-state index contributed by atoms with van der Waals surface area (Å²) in [5, 5.41) is 4.93. The number of benzene rings is 1. The van der Waals surface area contributed by atoms with Gasteiger partial charge in [-0.05, 0) is 51.0 Å². The lowest BCUT2D eigenvalue weighted by molar-refractivity contribution is 0.0658. The predicted molar refractivity (Wildman–Crippen MR) is 78.4 cm³/mol. The standard InChI is InChI=1S/C16H21N3/c1-19-11-6-13-12-4-2-3-5-14(12)18-15(13)16(19)7-9-17-10-8-16/h2-5,17-18H,6-11H2,1H3. The monoisotopic (exact) mass is 255 g/mol. The number of hydrogen-bond acceptors (Lipinski definition) is 2. The molecule has 1 saturated heterocycles. The van der Waals surface area contributed by atoms with Gasteiger partial charge in [0.15, 0.2) is 0 Å². The van der Waals surface area contributed by atoms with Crippen LogP contribution in [0, 0.1) is 0 Å². The third-order valence-electron chi connectivity index (χ3n) is 5.14. The highest BCUT2D eigenvalue weighted by Crippen LogP contribution is 2.43. The minimum atomic E-state index is 0.234. The molecule has 1 aromatic heterocycles. The molecule has 0 aliphatic carbocycles. The average molecular weight is 255 g/mol. The van der Waals surface area contributed by atoms with Crippen LogP contribution in [0.4, 0.5) is 0 Å². The van der Waals surface area contributed by atoms with Crippen molar-refractivity contribution in [1.82, 2.24) is 15.2 Å². The summed E-state index contributed by atoms with van der Waals surface area (Å²) < 4.78 is 0. The normalized spacial score (nSPS) is 22.8. The Labute approximate surface area is 114 Å². The Bertz CT molecular complexity index is 607. The molecule has 0 amide bonds. The van der Waals surface area contributed by atoms with Gasteiger partial charge >= 0.3 is 0 Å². The van der Waals surface area contributed by atoms with Crippen LogP contribution in [0.25, 0.3) is 10.9 Å². The maximum Gasteiger partial charge on any atom is 0.0636 e. The second kappa shape index (κ2) is 4.09. The second-order valence-electron chi connectivity index (χ2n) is 5.98. The van der Waals surface area contributed by atoms with Crippen LogP contribution in [0.1, 0.15) is 24.1 Å². The molecule has 2 aliphatic rings. The van der Waals surface area contributed by atoms with E-state index in [0.29, 0.717) is 0 Å². The summed E-state index contributed by atoms with van der Waals surface area (Å²) in [7, 11) is 2.29. The molecule has 3 heteroatoms. The van der Waals surface area contributed by atoms with Gasteiger partial charge < -0.3 is 10.3 Å². The van der Waals surface area contributed by atoms with Crippen LogP contribution in [-0.2, 0) is 12.0 Å². The highest BCUT2D eigenvalue weighted by molar-refractivity contribution is 5.85. The van der Waals surface area contributed by atoms with Crippen LogP contribution in [0.15, 0.2) is 24.3 Å². The van der Waals surface area contributed by atoms with E-state index in [9.17, 15) is 0 Å². The lowest BCUT2D eigenvalue weighted by Gasteiger charge is -2.47. The molecule has 3 heterocycles. The van der Waals surface area contributed by atoms with Gasteiger partial charge in [-0.2, -0.15) is 0 Å². The van der Waals surface area contributed by atoms with Crippen molar-refractivity contribution in [3.8, 4) is 0 Å². The topological polar surface area (TPSA) is 31.1 Å². The zero-order valence-electron chi connectivity index (χ0n) is 11.5. The number of aromatic amines is 1. The first-order valence-corrected chi connectivity index (χ1v) is 7.33. The van der Waals surface area contributed by atoms with Crippen molar-refractivity contribution >= 4 is 10.9 Å². The molecule has 2 aromatic rings. The summed E-state index contributed by atoms with van der Waals surface area (Å²) in [6.45, 7) is 3.42. The Morgan fingerprint density at radius 3 is 2.79 bits per heavy atom. The molecule has 1 fully saturated rings. The summed E-state index contributed by atoms with van der Waals surface area (Å²) in [6, 6.07) is 8.76. The first-order valence-electron chi connectivity index (χ1n) is 7.33. The van der Waals surface area contributed by atoms with Crippen LogP contribution in [0.5, 0.6) is 0 Å². The van der Waals surface area contributed by atoms with Crippen LogP contribution < -0.4 is 5.32 Å². The molecule has 2 aliphatic heterocycles. The number of hydrogen-bond donors (Lipinski definition) is 2. The number of aromatic nitrogens is 1. The zero-order valence-corrected chi connectivity index (χ0v) is 11.5. The molecule has 2 N–H and O–H groups in total. The van der Waals surface area contributed by atoms with E-state index in [2.05, 4.69) is 46.5 Å². The fourth-order valence-corrected chi connectivity index (χ4v) is 4.01. The minimum absolute atomic E-state index is 0.234. The highest BCUT2D eigenvalue weighted by atomic mass is 15.2. The smallest absolute Gasteiger partial charge is 0.0636 e. The van der Waals surface area contributed by atoms with Crippen molar-refractivity contribution in [3.63, 3.8) is 0 Å². The van der Waals surface area contributed by atoms with Crippen molar-refractivity contribution in [2.75, 3.05) is 26.7 Å². The van der Waals surface area contributed by atoms with Crippen molar-refractivity contribution in [2.24, 2.45) is 0 Å². The number of H-pyrrole nitrogens is 1. The summed E-state index contributed by atoms with van der Waals surface area (Å²) >= 11 is 0. The van der Waals surface area contributed by atoms with Crippen molar-refractivity contribution < 1.29 is 0 Å². The lowest BCUT2D eigenvalue weighted by Crippen LogP contribution is -2.54. The molecule has 0 radical (unpaired) electrons. The number of nitrogens with zero attached hydrogens (tertiary/aromatic N) is 1. The van der Waals surface area contributed by atoms with E-state index in [1.54, 1.807) is 5.56 Å². The van der Waals surface area contributed by atoms with E-state index in [1.165, 1.54) is 42.4 Å². The molecular formula is C16H21N3. The molecule has 3 nitrogen and oxygen atoms in total. The van der Waals surface area contributed by atoms with Gasteiger partial charge in [0, 0.05) is 23.1 Å². The molecule has 100 valence electrons. The molecule has 19 heavy (non-hydrogen) atoms. The summed E-state index contributed by atoms with van der Waals surface area (Å²) in [4.78, 5) is 6.31. The number of fused-ring (bicyclic) bond motifs is 4. The SMILES string of the molecule is CN1CCc2c([nH]c3ccccc23)C12CCNCC2. The van der Waals surface area contributed by atoms with Gasteiger partial charge in [0.2, 0.25) is 0 Å². The van der Waals surface area contributed by atoms with E-state index in [1.807, 2.05) is 0 Å². The molecular weight excluding hydrogens is 234 g/mol. The van der Waals surface area contributed by atoms with E-state index in [-0.39, 0.29) is 5.54 Å². The largest absolute Gasteiger partial charge is 0.357 e. The number of rotatable bonds is 0. The Morgan fingerprint density at radius 1 is 1.16 bits per heavy atom. The van der Waals surface area contributed by atoms with Gasteiger partial charge in [-0.15, -0.1) is 0 Å². The Morgan fingerprint density at radius 2 is 1.95 bits per heavy atom. The Kier molecular flexibility index (Phi) is 2.47. The molecule has 0 unspecified atom stereocenters. The first-order chi connectivity index (χ1) is 9.31. The van der Waals surface area contributed by atoms with Crippen LogP contribution in [-0.4, -0.2) is 36.6 Å². The number of piperidine rings is 1. The number of para-hydroxylation sites is 1. The summed E-state index contributed by atoms with van der Waals surface area (Å²) in [6.07, 6.45) is 3.59. The highest BCUT2D eigenvalue weighted by Gasteiger charge is 2.43. The average Bonchev–Trinajstić information content (AvgIpc) is 2.84. The third-order valence-corrected chi connectivity index (χ3v) is 5.14. The maximum absolute atomic E-state index is 3.74. The molecule has 0 bridgehead atoms. The Balaban J connectivity index is 1.95. The minimum Gasteiger partial charge on any atom is -0.357 e. The van der Waals surface area contributed by atoms with Crippen LogP contribution >= 0.6 is 0 Å². The van der Waals surface area contributed by atoms with Gasteiger partial charge in [-0.1, -0.05) is 18.2 Å². The van der Waals surface area contributed by atoms with E-state index < -0.39 is 0 Å². The van der Waals surface area contributed by atoms with Gasteiger partial charge in [-0.3, -0.25) is 4.90 Å². The van der Waals surface area contributed by atoms with Gasteiger partial charge in [0.1, 0.15) is 0 Å². The zero-order chi connectivity index (χ0) is 12.9. The molecule has 4 rings (SSSR count). The lowest BCUT2D eigenvalue weighted by atomic mass is 9.78. The van der Waals surface area contributed by atoms with E-state index >= 15 is 0 Å². The fourth-order valence-electron chi connectivity index (χ4n) is 4.01. The molecule has 1 aromatic carbocycles. The van der Waals surface area contributed by atoms with Crippen LogP contribution in [0.3, 0.4) is 0 Å². The van der Waals surface area contributed by atoms with Crippen LogP contribution in [0.2, 0.25) is 0 Å². The van der Waals surface area contributed by atoms with E-state index in [4.69, 9.17) is 0 Å².